The first-order chi connectivity index (χ1) is 44.6. The minimum atomic E-state index is 0.821. The lowest BCUT2D eigenvalue weighted by Gasteiger charge is -2.17. The minimum absolute atomic E-state index is 0.821. The monoisotopic (exact) mass is 1140 g/mol. The molecule has 0 saturated carbocycles. The van der Waals surface area contributed by atoms with Crippen LogP contribution < -0.4 is 0 Å². The van der Waals surface area contributed by atoms with E-state index in [9.17, 15) is 0 Å². The van der Waals surface area contributed by atoms with E-state index in [-0.39, 0.29) is 0 Å². The minimum Gasteiger partial charge on any atom is -0.309 e. The van der Waals surface area contributed by atoms with Crippen LogP contribution in [0.5, 0.6) is 0 Å². The smallest absolute Gasteiger partial charge is 0.139 e. The molecule has 418 valence electrons. The third-order valence-electron chi connectivity index (χ3n) is 18.8. The van der Waals surface area contributed by atoms with Crippen LogP contribution >= 0.6 is 0 Å². The summed E-state index contributed by atoms with van der Waals surface area (Å²) in [6, 6.07) is 115. The van der Waals surface area contributed by atoms with Gasteiger partial charge in [-0.1, -0.05) is 200 Å². The summed E-state index contributed by atoms with van der Waals surface area (Å²) in [5.41, 5.74) is 22.2. The number of aromatic nitrogens is 6. The number of fused-ring (bicyclic) bond motifs is 15. The van der Waals surface area contributed by atoms with E-state index in [4.69, 9.17) is 9.97 Å². The highest BCUT2D eigenvalue weighted by molar-refractivity contribution is 6.16. The van der Waals surface area contributed by atoms with Crippen LogP contribution in [0.4, 0.5) is 0 Å². The van der Waals surface area contributed by atoms with Gasteiger partial charge in [0.2, 0.25) is 0 Å². The highest BCUT2D eigenvalue weighted by Gasteiger charge is 2.23. The molecule has 0 atom stereocenters. The molecule has 13 aromatic carbocycles. The van der Waals surface area contributed by atoms with Crippen molar-refractivity contribution in [1.82, 2.24) is 28.2 Å². The van der Waals surface area contributed by atoms with Crippen molar-refractivity contribution in [2.75, 3.05) is 0 Å². The second kappa shape index (κ2) is 19.7. The van der Waals surface area contributed by atoms with Crippen molar-refractivity contribution < 1.29 is 0 Å². The molecule has 0 aliphatic carbocycles. The maximum absolute atomic E-state index is 5.84. The third-order valence-corrected chi connectivity index (χ3v) is 18.8. The van der Waals surface area contributed by atoms with Crippen molar-refractivity contribution in [2.24, 2.45) is 0 Å². The van der Waals surface area contributed by atoms with Crippen molar-refractivity contribution in [3.05, 3.63) is 315 Å². The van der Waals surface area contributed by atoms with E-state index in [0.29, 0.717) is 0 Å². The lowest BCUT2D eigenvalue weighted by molar-refractivity contribution is 1.09. The van der Waals surface area contributed by atoms with Crippen LogP contribution in [0, 0.1) is 0 Å². The third kappa shape index (κ3) is 7.58. The van der Waals surface area contributed by atoms with Crippen LogP contribution in [0.25, 0.3) is 177 Å². The number of rotatable bonds is 8. The number of nitrogens with zero attached hydrogens (tertiary/aromatic N) is 6. The highest BCUT2D eigenvalue weighted by Crippen LogP contribution is 2.44. The molecule has 6 heterocycles. The zero-order valence-corrected chi connectivity index (χ0v) is 48.7. The van der Waals surface area contributed by atoms with E-state index in [0.717, 1.165) is 111 Å². The number of hydrogen-bond acceptors (Lipinski definition) is 2. The molecule has 19 aromatic rings. The summed E-state index contributed by atoms with van der Waals surface area (Å²) in [7, 11) is 0. The molecule has 0 N–H and O–H groups in total. The van der Waals surface area contributed by atoms with Gasteiger partial charge in [0.15, 0.2) is 0 Å². The molecule has 6 aromatic heterocycles. The zero-order valence-electron chi connectivity index (χ0n) is 48.7. The van der Waals surface area contributed by atoms with Crippen molar-refractivity contribution in [1.29, 1.82) is 0 Å². The molecule has 0 saturated heterocycles. The molecule has 19 rings (SSSR count). The van der Waals surface area contributed by atoms with Gasteiger partial charge in [0, 0.05) is 65.2 Å². The first kappa shape index (κ1) is 50.1. The molecular formula is C84H52N6. The maximum atomic E-state index is 5.84. The topological polar surface area (TPSA) is 45.5 Å². The first-order valence-corrected chi connectivity index (χ1v) is 30.8. The van der Waals surface area contributed by atoms with Gasteiger partial charge in [-0.05, 0) is 160 Å². The lowest BCUT2D eigenvalue weighted by atomic mass is 9.92. The van der Waals surface area contributed by atoms with Crippen molar-refractivity contribution >= 4 is 109 Å². The Labute approximate surface area is 517 Å². The lowest BCUT2D eigenvalue weighted by Crippen LogP contribution is -2.02. The average Bonchev–Trinajstić information content (AvgIpc) is 1.65. The summed E-state index contributed by atoms with van der Waals surface area (Å²) in [4.78, 5) is 11.6. The summed E-state index contributed by atoms with van der Waals surface area (Å²) < 4.78 is 9.46. The molecule has 0 unspecified atom stereocenters. The van der Waals surface area contributed by atoms with E-state index < -0.39 is 0 Å². The van der Waals surface area contributed by atoms with Gasteiger partial charge in [-0.3, -0.25) is 9.13 Å². The Morgan fingerprint density at radius 1 is 0.189 bits per heavy atom. The fourth-order valence-corrected chi connectivity index (χ4v) is 14.7. The maximum Gasteiger partial charge on any atom is 0.139 e. The van der Waals surface area contributed by atoms with Crippen molar-refractivity contribution in [3.8, 4) is 67.5 Å². The van der Waals surface area contributed by atoms with Gasteiger partial charge < -0.3 is 9.13 Å². The molecule has 0 aliphatic heterocycles. The number of pyridine rings is 2. The number of benzene rings is 13. The largest absolute Gasteiger partial charge is 0.309 e. The predicted molar refractivity (Wildman–Crippen MR) is 376 cm³/mol. The SMILES string of the molecule is c1ccc(-c2ccccc2-c2cc(-n3c4ccccc4c4cc(-c5ccc6c(c5)c5ccccc5n6-c5ccccc5)ccc43)nc3c2ccc2ccc(-n4c5ccccc5c5cc(-c6ccc7c(c6)c6ccccc6n7-c6ccccc6)ccc54)nc23)cc1. The Balaban J connectivity index is 0.796. The standard InChI is InChI=1S/C84H52N6/c1-4-20-53(21-5-1)61-26-10-11-27-62(61)68-52-82(90-76-35-19-15-31-66(76)72-51-58(40-46-80(72)90)56-38-44-78-70(49-56)64-29-13-17-33-74(64)88(78)60-24-8-3-9-25-60)86-84-67(68)42-36-54-41-47-81(85-83(54)84)89-75-34-18-14-30-65(75)71-50-57(39-45-79(71)89)55-37-43-77-69(48-55)63-28-12-16-32-73(63)87(77)59-22-6-2-7-23-59/h1-52H. The van der Waals surface area contributed by atoms with Crippen LogP contribution in [0.15, 0.2) is 315 Å². The zero-order chi connectivity index (χ0) is 59.0. The molecular weight excluding hydrogens is 1090 g/mol. The van der Waals surface area contributed by atoms with Gasteiger partial charge >= 0.3 is 0 Å². The van der Waals surface area contributed by atoms with Gasteiger partial charge in [-0.15, -0.1) is 0 Å². The van der Waals surface area contributed by atoms with E-state index in [2.05, 4.69) is 334 Å². The fraction of sp³-hybridized carbons (Fsp3) is 0. The molecule has 0 amide bonds. The molecule has 0 fully saturated rings. The Hall–Kier alpha value is -12.1. The quantitative estimate of drug-likeness (QED) is 0.142. The number of hydrogen-bond donors (Lipinski definition) is 0. The summed E-state index contributed by atoms with van der Waals surface area (Å²) in [5.74, 6) is 1.65. The average molecular weight is 1150 g/mol. The van der Waals surface area contributed by atoms with E-state index in [1.54, 1.807) is 0 Å². The molecule has 0 spiro atoms. The number of para-hydroxylation sites is 6. The molecule has 6 nitrogen and oxygen atoms in total. The summed E-state index contributed by atoms with van der Waals surface area (Å²) in [6.45, 7) is 0. The van der Waals surface area contributed by atoms with Gasteiger partial charge in [0.05, 0.1) is 55.2 Å². The Bertz CT molecular complexity index is 6140. The molecule has 0 aliphatic rings. The van der Waals surface area contributed by atoms with E-state index >= 15 is 0 Å². The van der Waals surface area contributed by atoms with Crippen molar-refractivity contribution in [3.63, 3.8) is 0 Å². The highest BCUT2D eigenvalue weighted by atomic mass is 15.1. The molecule has 0 bridgehead atoms. The Morgan fingerprint density at radius 3 is 1.02 bits per heavy atom. The first-order valence-electron chi connectivity index (χ1n) is 30.8. The summed E-state index contributed by atoms with van der Waals surface area (Å²) in [5, 5.41) is 11.6. The van der Waals surface area contributed by atoms with Crippen LogP contribution in [0.3, 0.4) is 0 Å². The summed E-state index contributed by atoms with van der Waals surface area (Å²) in [6.07, 6.45) is 0. The molecule has 0 radical (unpaired) electrons. The van der Waals surface area contributed by atoms with Crippen molar-refractivity contribution in [2.45, 2.75) is 0 Å². The van der Waals surface area contributed by atoms with E-state index in [1.807, 2.05) is 0 Å². The van der Waals surface area contributed by atoms with Gasteiger partial charge in [0.25, 0.3) is 0 Å². The predicted octanol–water partition coefficient (Wildman–Crippen LogP) is 21.8. The van der Waals surface area contributed by atoms with Crippen LogP contribution in [0.1, 0.15) is 0 Å². The van der Waals surface area contributed by atoms with E-state index in [1.165, 1.54) is 65.5 Å². The second-order valence-corrected chi connectivity index (χ2v) is 23.7. The summed E-state index contributed by atoms with van der Waals surface area (Å²) >= 11 is 0. The Kier molecular flexibility index (Phi) is 11.0. The van der Waals surface area contributed by atoms with Gasteiger partial charge in [0.1, 0.15) is 11.6 Å². The Morgan fingerprint density at radius 2 is 0.544 bits per heavy atom. The molecule has 90 heavy (non-hydrogen) atoms. The molecule has 6 heteroatoms. The van der Waals surface area contributed by atoms with Gasteiger partial charge in [-0.2, -0.15) is 0 Å². The van der Waals surface area contributed by atoms with Crippen LogP contribution in [0.2, 0.25) is 0 Å². The van der Waals surface area contributed by atoms with Crippen LogP contribution in [-0.4, -0.2) is 28.2 Å². The normalized spacial score (nSPS) is 12.0. The van der Waals surface area contributed by atoms with Gasteiger partial charge in [-0.25, -0.2) is 9.97 Å². The second-order valence-electron chi connectivity index (χ2n) is 23.7. The van der Waals surface area contributed by atoms with Crippen LogP contribution in [-0.2, 0) is 0 Å². The fourth-order valence-electron chi connectivity index (χ4n) is 14.7.